The minimum Gasteiger partial charge on any atom is -0.266 e. The Morgan fingerprint density at radius 1 is 0.962 bits per heavy atom. The fourth-order valence-electron chi connectivity index (χ4n) is 2.68. The highest BCUT2D eigenvalue weighted by molar-refractivity contribution is 6.30. The van der Waals surface area contributed by atoms with Crippen LogP contribution < -0.4 is 11.2 Å². The lowest BCUT2D eigenvalue weighted by Crippen LogP contribution is -2.37. The first-order chi connectivity index (χ1) is 12.5. The molecule has 0 bridgehead atoms. The number of hydrogen-bond donors (Lipinski definition) is 0. The van der Waals surface area contributed by atoms with Gasteiger partial charge in [-0.15, -0.1) is 0 Å². The molecule has 4 rings (SSSR count). The van der Waals surface area contributed by atoms with Gasteiger partial charge in [0.1, 0.15) is 0 Å². The SMILES string of the molecule is Cn1nc(-c2cccc(Cl)c2)nc2c(=O)n(-c3ccccc3)c(=O)nc1-2. The van der Waals surface area contributed by atoms with Crippen LogP contribution in [0.3, 0.4) is 0 Å². The number of nitrogens with zero attached hydrogens (tertiary/aromatic N) is 5. The molecule has 0 saturated carbocycles. The fraction of sp³-hybridized carbons (Fsp3) is 0.0556. The lowest BCUT2D eigenvalue weighted by Gasteiger charge is -2.12. The van der Waals surface area contributed by atoms with E-state index >= 15 is 0 Å². The van der Waals surface area contributed by atoms with E-state index in [0.29, 0.717) is 22.1 Å². The minimum absolute atomic E-state index is 0.0564. The number of aromatic nitrogens is 5. The summed E-state index contributed by atoms with van der Waals surface area (Å²) in [5.41, 5.74) is -0.0776. The molecule has 0 spiro atoms. The van der Waals surface area contributed by atoms with Crippen molar-refractivity contribution in [3.63, 3.8) is 0 Å². The molecule has 0 saturated heterocycles. The highest BCUT2D eigenvalue weighted by Crippen LogP contribution is 2.21. The summed E-state index contributed by atoms with van der Waals surface area (Å²) in [6, 6.07) is 15.6. The summed E-state index contributed by atoms with van der Waals surface area (Å²) in [4.78, 5) is 33.7. The number of fused-ring (bicyclic) bond motifs is 1. The number of benzene rings is 2. The molecule has 26 heavy (non-hydrogen) atoms. The third-order valence-corrected chi connectivity index (χ3v) is 4.11. The molecule has 0 radical (unpaired) electrons. The van der Waals surface area contributed by atoms with Crippen LogP contribution in [0.1, 0.15) is 0 Å². The molecule has 7 nitrogen and oxygen atoms in total. The monoisotopic (exact) mass is 365 g/mol. The topological polar surface area (TPSA) is 82.7 Å². The van der Waals surface area contributed by atoms with Gasteiger partial charge >= 0.3 is 5.69 Å². The van der Waals surface area contributed by atoms with Crippen molar-refractivity contribution in [2.24, 2.45) is 7.05 Å². The van der Waals surface area contributed by atoms with Gasteiger partial charge in [-0.05, 0) is 24.3 Å². The molecule has 2 aromatic carbocycles. The Hall–Kier alpha value is -3.32. The van der Waals surface area contributed by atoms with Crippen LogP contribution in [0.4, 0.5) is 0 Å². The Bertz CT molecular complexity index is 1200. The van der Waals surface area contributed by atoms with Crippen LogP contribution in [0.5, 0.6) is 0 Å². The zero-order chi connectivity index (χ0) is 18.3. The van der Waals surface area contributed by atoms with Gasteiger partial charge in [-0.3, -0.25) is 4.79 Å². The standard InChI is InChI=1S/C18H12ClN5O2/c1-23-16-14(20-15(22-23)11-6-5-7-12(19)10-11)17(25)24(18(26)21-16)13-8-3-2-4-9-13/h2-10H,1H3. The van der Waals surface area contributed by atoms with Gasteiger partial charge in [-0.2, -0.15) is 10.1 Å². The smallest absolute Gasteiger partial charge is 0.266 e. The average Bonchev–Trinajstić information content (AvgIpc) is 2.63. The molecule has 0 amide bonds. The van der Waals surface area contributed by atoms with E-state index < -0.39 is 11.2 Å². The molecule has 128 valence electrons. The summed E-state index contributed by atoms with van der Waals surface area (Å²) in [5, 5.41) is 4.83. The molecule has 0 fully saturated rings. The zero-order valence-electron chi connectivity index (χ0n) is 13.6. The predicted molar refractivity (Wildman–Crippen MR) is 97.7 cm³/mol. The van der Waals surface area contributed by atoms with Crippen LogP contribution in [-0.4, -0.2) is 24.3 Å². The van der Waals surface area contributed by atoms with Crippen molar-refractivity contribution in [2.45, 2.75) is 0 Å². The average molecular weight is 366 g/mol. The summed E-state index contributed by atoms with van der Waals surface area (Å²) in [7, 11) is 1.61. The van der Waals surface area contributed by atoms with Crippen LogP contribution in [0.15, 0.2) is 64.2 Å². The number of rotatable bonds is 2. The Morgan fingerprint density at radius 2 is 1.73 bits per heavy atom. The maximum Gasteiger partial charge on any atom is 0.357 e. The molecule has 0 aliphatic carbocycles. The number of para-hydroxylation sites is 1. The maximum absolute atomic E-state index is 12.9. The van der Waals surface area contributed by atoms with Crippen molar-refractivity contribution < 1.29 is 0 Å². The van der Waals surface area contributed by atoms with Crippen molar-refractivity contribution in [3.05, 3.63) is 80.5 Å². The molecule has 0 atom stereocenters. The second kappa shape index (κ2) is 6.20. The molecule has 2 aliphatic rings. The highest BCUT2D eigenvalue weighted by atomic mass is 35.5. The van der Waals surface area contributed by atoms with Crippen molar-refractivity contribution >= 4 is 11.6 Å². The first kappa shape index (κ1) is 16.2. The first-order valence-corrected chi connectivity index (χ1v) is 8.12. The van der Waals surface area contributed by atoms with Gasteiger partial charge in [-0.1, -0.05) is 41.9 Å². The molecule has 0 N–H and O–H groups in total. The molecule has 2 aromatic rings. The molecule has 8 heteroatoms. The Balaban J connectivity index is 2.03. The summed E-state index contributed by atoms with van der Waals surface area (Å²) < 4.78 is 2.37. The summed E-state index contributed by atoms with van der Waals surface area (Å²) in [6.07, 6.45) is 0. The van der Waals surface area contributed by atoms with Crippen LogP contribution in [0.25, 0.3) is 28.6 Å². The zero-order valence-corrected chi connectivity index (χ0v) is 14.4. The predicted octanol–water partition coefficient (Wildman–Crippen LogP) is 2.15. The fourth-order valence-corrected chi connectivity index (χ4v) is 2.87. The van der Waals surface area contributed by atoms with Gasteiger partial charge in [-0.25, -0.2) is 19.0 Å². The van der Waals surface area contributed by atoms with Gasteiger partial charge in [0.15, 0.2) is 17.3 Å². The van der Waals surface area contributed by atoms with Gasteiger partial charge in [0.2, 0.25) is 0 Å². The summed E-state index contributed by atoms with van der Waals surface area (Å²) >= 11 is 6.03. The van der Waals surface area contributed by atoms with Crippen LogP contribution >= 0.6 is 11.6 Å². The molecule has 0 unspecified atom stereocenters. The third-order valence-electron chi connectivity index (χ3n) is 3.88. The van der Waals surface area contributed by atoms with Gasteiger partial charge < -0.3 is 0 Å². The van der Waals surface area contributed by atoms with Crippen LogP contribution in [-0.2, 0) is 7.05 Å². The van der Waals surface area contributed by atoms with E-state index in [0.717, 1.165) is 4.57 Å². The molecular weight excluding hydrogens is 354 g/mol. The lowest BCUT2D eigenvalue weighted by atomic mass is 10.2. The van der Waals surface area contributed by atoms with E-state index in [1.54, 1.807) is 61.6 Å². The van der Waals surface area contributed by atoms with E-state index in [-0.39, 0.29) is 11.5 Å². The van der Waals surface area contributed by atoms with E-state index in [1.807, 2.05) is 0 Å². The third kappa shape index (κ3) is 2.68. The van der Waals surface area contributed by atoms with Crippen LogP contribution in [0, 0.1) is 0 Å². The van der Waals surface area contributed by atoms with Gasteiger partial charge in [0.05, 0.1) is 5.69 Å². The maximum atomic E-state index is 12.9. The van der Waals surface area contributed by atoms with E-state index in [2.05, 4.69) is 15.1 Å². The molecule has 0 aromatic heterocycles. The highest BCUT2D eigenvalue weighted by Gasteiger charge is 2.21. The van der Waals surface area contributed by atoms with E-state index in [1.165, 1.54) is 4.68 Å². The Labute approximate surface area is 152 Å². The lowest BCUT2D eigenvalue weighted by molar-refractivity contribution is 0.695. The van der Waals surface area contributed by atoms with Crippen molar-refractivity contribution in [1.82, 2.24) is 24.3 Å². The quantitative estimate of drug-likeness (QED) is 0.543. The van der Waals surface area contributed by atoms with Crippen molar-refractivity contribution in [2.75, 3.05) is 0 Å². The number of hydrogen-bond acceptors (Lipinski definition) is 5. The largest absolute Gasteiger partial charge is 0.357 e. The van der Waals surface area contributed by atoms with E-state index in [4.69, 9.17) is 11.6 Å². The summed E-state index contributed by atoms with van der Waals surface area (Å²) in [6.45, 7) is 0. The second-order valence-electron chi connectivity index (χ2n) is 5.61. The van der Waals surface area contributed by atoms with Gasteiger partial charge in [0.25, 0.3) is 5.56 Å². The van der Waals surface area contributed by atoms with E-state index in [9.17, 15) is 9.59 Å². The number of halogens is 1. The Morgan fingerprint density at radius 3 is 2.46 bits per heavy atom. The Kier molecular flexibility index (Phi) is 3.85. The minimum atomic E-state index is -0.677. The van der Waals surface area contributed by atoms with Crippen molar-refractivity contribution in [3.8, 4) is 28.6 Å². The van der Waals surface area contributed by atoms with Crippen molar-refractivity contribution in [1.29, 1.82) is 0 Å². The normalized spacial score (nSPS) is 11.0. The first-order valence-electron chi connectivity index (χ1n) is 7.74. The van der Waals surface area contributed by atoms with Crippen LogP contribution in [0.2, 0.25) is 5.02 Å². The second-order valence-corrected chi connectivity index (χ2v) is 6.05. The number of aryl methyl sites for hydroxylation is 1. The van der Waals surface area contributed by atoms with Gasteiger partial charge in [0, 0.05) is 17.6 Å². The molecular formula is C18H12ClN5O2. The molecule has 2 heterocycles. The summed E-state index contributed by atoms with van der Waals surface area (Å²) in [5.74, 6) is 0.442. The molecule has 2 aliphatic heterocycles.